The van der Waals surface area contributed by atoms with Crippen LogP contribution in [0.2, 0.25) is 0 Å². The molecule has 0 unspecified atom stereocenters. The molecule has 0 spiro atoms. The lowest BCUT2D eigenvalue weighted by molar-refractivity contribution is 0.382. The number of aromatic nitrogens is 3. The van der Waals surface area contributed by atoms with E-state index in [2.05, 4.69) is 29.9 Å². The zero-order valence-corrected chi connectivity index (χ0v) is 17.1. The van der Waals surface area contributed by atoms with Crippen molar-refractivity contribution in [3.05, 3.63) is 54.0 Å². The van der Waals surface area contributed by atoms with E-state index in [0.717, 1.165) is 23.5 Å². The fraction of sp³-hybridized carbons (Fsp3) is 0.316. The minimum Gasteiger partial charge on any atom is -0.363 e. The minimum absolute atomic E-state index is 0.0772. The fourth-order valence-corrected chi connectivity index (χ4v) is 4.45. The summed E-state index contributed by atoms with van der Waals surface area (Å²) in [5.74, 6) is 1.29. The van der Waals surface area contributed by atoms with Crippen molar-refractivity contribution in [2.24, 2.45) is 0 Å². The van der Waals surface area contributed by atoms with Crippen molar-refractivity contribution in [3.63, 3.8) is 0 Å². The Morgan fingerprint density at radius 3 is 2.41 bits per heavy atom. The van der Waals surface area contributed by atoms with Gasteiger partial charge in [0.2, 0.25) is 16.0 Å². The summed E-state index contributed by atoms with van der Waals surface area (Å²) in [6.07, 6.45) is 2.37. The zero-order chi connectivity index (χ0) is 20.4. The molecule has 0 atom stereocenters. The molecular weight excluding hydrogens is 392 g/mol. The normalized spacial score (nSPS) is 15.4. The number of benzene rings is 1. The maximum Gasteiger partial charge on any atom is 0.248 e. The van der Waals surface area contributed by atoms with Crippen LogP contribution in [0.15, 0.2) is 52.2 Å². The largest absolute Gasteiger partial charge is 0.363 e. The highest BCUT2D eigenvalue weighted by atomic mass is 32.2. The summed E-state index contributed by atoms with van der Waals surface area (Å²) in [6, 6.07) is 9.91. The molecule has 0 amide bonds. The third-order valence-electron chi connectivity index (χ3n) is 4.76. The molecule has 0 bridgehead atoms. The van der Waals surface area contributed by atoms with Gasteiger partial charge in [-0.1, -0.05) is 22.9 Å². The topological polar surface area (TPSA) is 104 Å². The Hall–Kier alpha value is -2.98. The standard InChI is InChI=1S/C19H22N6O3S/c1-14-3-5-16(6-4-14)22-19-21-15(2)11-18(23-19)24-7-9-25(10-8-24)29(26,27)17-12-20-28-13-17/h3-6,11-13H,7-10H2,1-2H3,(H,21,22,23). The van der Waals surface area contributed by atoms with Gasteiger partial charge in [0.1, 0.15) is 17.0 Å². The van der Waals surface area contributed by atoms with E-state index in [1.165, 1.54) is 16.1 Å². The van der Waals surface area contributed by atoms with E-state index in [-0.39, 0.29) is 4.90 Å². The second-order valence-corrected chi connectivity index (χ2v) is 8.87. The summed E-state index contributed by atoms with van der Waals surface area (Å²) >= 11 is 0. The summed E-state index contributed by atoms with van der Waals surface area (Å²) in [5.41, 5.74) is 2.93. The molecule has 1 aliphatic heterocycles. The van der Waals surface area contributed by atoms with Crippen molar-refractivity contribution in [2.45, 2.75) is 18.7 Å². The van der Waals surface area contributed by atoms with Gasteiger partial charge in [0.05, 0.1) is 6.20 Å². The Morgan fingerprint density at radius 2 is 1.76 bits per heavy atom. The van der Waals surface area contributed by atoms with Gasteiger partial charge in [-0.05, 0) is 26.0 Å². The van der Waals surface area contributed by atoms with E-state index in [4.69, 9.17) is 0 Å². The van der Waals surface area contributed by atoms with Gasteiger partial charge in [-0.15, -0.1) is 0 Å². The number of aryl methyl sites for hydroxylation is 2. The molecule has 4 rings (SSSR count). The van der Waals surface area contributed by atoms with Crippen molar-refractivity contribution in [3.8, 4) is 0 Å². The van der Waals surface area contributed by atoms with Crippen molar-refractivity contribution in [2.75, 3.05) is 36.4 Å². The molecule has 9 nitrogen and oxygen atoms in total. The van der Waals surface area contributed by atoms with Gasteiger partial charge in [-0.2, -0.15) is 9.29 Å². The summed E-state index contributed by atoms with van der Waals surface area (Å²) in [4.78, 5) is 11.2. The lowest BCUT2D eigenvalue weighted by Crippen LogP contribution is -2.48. The highest BCUT2D eigenvalue weighted by Crippen LogP contribution is 2.22. The maximum atomic E-state index is 12.6. The first-order chi connectivity index (χ1) is 13.9. The van der Waals surface area contributed by atoms with E-state index in [1.54, 1.807) is 0 Å². The van der Waals surface area contributed by atoms with Gasteiger partial charge in [0, 0.05) is 43.6 Å². The predicted molar refractivity (Wildman–Crippen MR) is 109 cm³/mol. The van der Waals surface area contributed by atoms with Gasteiger partial charge in [0.15, 0.2) is 0 Å². The Labute approximate surface area is 169 Å². The quantitative estimate of drug-likeness (QED) is 0.678. The molecule has 3 heterocycles. The Bertz CT molecular complexity index is 1080. The molecule has 152 valence electrons. The average Bonchev–Trinajstić information content (AvgIpc) is 3.25. The van der Waals surface area contributed by atoms with Crippen LogP contribution in [0.25, 0.3) is 0 Å². The highest BCUT2D eigenvalue weighted by molar-refractivity contribution is 7.89. The van der Waals surface area contributed by atoms with Gasteiger partial charge in [-0.25, -0.2) is 13.4 Å². The number of nitrogens with zero attached hydrogens (tertiary/aromatic N) is 5. The smallest absolute Gasteiger partial charge is 0.248 e. The number of hydrogen-bond donors (Lipinski definition) is 1. The van der Waals surface area contributed by atoms with Crippen LogP contribution >= 0.6 is 0 Å². The van der Waals surface area contributed by atoms with E-state index in [0.29, 0.717) is 32.1 Å². The lowest BCUT2D eigenvalue weighted by Gasteiger charge is -2.34. The molecule has 1 aromatic carbocycles. The molecule has 1 aliphatic rings. The van der Waals surface area contributed by atoms with E-state index in [9.17, 15) is 8.42 Å². The van der Waals surface area contributed by atoms with Crippen LogP contribution in [0.1, 0.15) is 11.3 Å². The van der Waals surface area contributed by atoms with Crippen molar-refractivity contribution in [1.29, 1.82) is 0 Å². The van der Waals surface area contributed by atoms with Crippen molar-refractivity contribution >= 4 is 27.5 Å². The number of anilines is 3. The summed E-state index contributed by atoms with van der Waals surface area (Å²) in [6.45, 7) is 5.73. The molecule has 2 aromatic heterocycles. The lowest BCUT2D eigenvalue weighted by atomic mass is 10.2. The van der Waals surface area contributed by atoms with E-state index >= 15 is 0 Å². The van der Waals surface area contributed by atoms with Crippen LogP contribution in [0.5, 0.6) is 0 Å². The SMILES string of the molecule is Cc1ccc(Nc2nc(C)cc(N3CCN(S(=O)(=O)c4cnoc4)CC3)n2)cc1. The molecule has 0 saturated carbocycles. The molecule has 0 radical (unpaired) electrons. The van der Waals surface area contributed by atoms with Gasteiger partial charge < -0.3 is 14.7 Å². The van der Waals surface area contributed by atoms with E-state index < -0.39 is 10.0 Å². The molecule has 1 N–H and O–H groups in total. The molecule has 3 aromatic rings. The average molecular weight is 414 g/mol. The number of sulfonamides is 1. The molecular formula is C19H22N6O3S. The first-order valence-electron chi connectivity index (χ1n) is 9.26. The Balaban J connectivity index is 1.47. The number of piperazine rings is 1. The van der Waals surface area contributed by atoms with Crippen LogP contribution in [0.3, 0.4) is 0 Å². The monoisotopic (exact) mass is 414 g/mol. The first kappa shape index (κ1) is 19.3. The second kappa shape index (κ2) is 7.80. The van der Waals surface area contributed by atoms with Crippen LogP contribution in [-0.4, -0.2) is 54.0 Å². The number of rotatable bonds is 5. The molecule has 1 fully saturated rings. The summed E-state index contributed by atoms with van der Waals surface area (Å²) < 4.78 is 31.3. The molecule has 29 heavy (non-hydrogen) atoms. The van der Waals surface area contributed by atoms with E-state index in [1.807, 2.05) is 44.2 Å². The van der Waals surface area contributed by atoms with Crippen LogP contribution in [0, 0.1) is 13.8 Å². The molecule has 0 aliphatic carbocycles. The molecule has 1 saturated heterocycles. The van der Waals surface area contributed by atoms with Crippen LogP contribution < -0.4 is 10.2 Å². The van der Waals surface area contributed by atoms with Crippen LogP contribution in [0.4, 0.5) is 17.5 Å². The van der Waals surface area contributed by atoms with Gasteiger partial charge in [0.25, 0.3) is 0 Å². The van der Waals surface area contributed by atoms with Gasteiger partial charge >= 0.3 is 0 Å². The highest BCUT2D eigenvalue weighted by Gasteiger charge is 2.30. The summed E-state index contributed by atoms with van der Waals surface area (Å²) in [7, 11) is -3.58. The zero-order valence-electron chi connectivity index (χ0n) is 16.2. The Kier molecular flexibility index (Phi) is 5.20. The minimum atomic E-state index is -3.58. The van der Waals surface area contributed by atoms with Crippen molar-refractivity contribution < 1.29 is 12.9 Å². The second-order valence-electron chi connectivity index (χ2n) is 6.93. The third-order valence-corrected chi connectivity index (χ3v) is 6.60. The third kappa shape index (κ3) is 4.22. The van der Waals surface area contributed by atoms with Gasteiger partial charge in [-0.3, -0.25) is 0 Å². The molecule has 10 heteroatoms. The Morgan fingerprint density at radius 1 is 1.03 bits per heavy atom. The maximum absolute atomic E-state index is 12.6. The number of nitrogens with one attached hydrogen (secondary N) is 1. The van der Waals surface area contributed by atoms with Crippen molar-refractivity contribution in [1.82, 2.24) is 19.4 Å². The number of hydrogen-bond acceptors (Lipinski definition) is 8. The first-order valence-corrected chi connectivity index (χ1v) is 10.7. The summed E-state index contributed by atoms with van der Waals surface area (Å²) in [5, 5.41) is 6.72. The van der Waals surface area contributed by atoms with Crippen LogP contribution in [-0.2, 0) is 10.0 Å². The predicted octanol–water partition coefficient (Wildman–Crippen LogP) is 2.34. The fourth-order valence-electron chi connectivity index (χ4n) is 3.17.